The van der Waals surface area contributed by atoms with Crippen molar-refractivity contribution in [1.82, 2.24) is 10.3 Å². The van der Waals surface area contributed by atoms with Crippen LogP contribution in [0.4, 0.5) is 0 Å². The molecular weight excluding hydrogens is 220 g/mol. The summed E-state index contributed by atoms with van der Waals surface area (Å²) in [4.78, 5) is 4.45. The predicted octanol–water partition coefficient (Wildman–Crippen LogP) is 0.652. The SMILES string of the molecule is COc1cccnc1[C@]12CCNC[C@H]1OCO2. The van der Waals surface area contributed by atoms with E-state index in [9.17, 15) is 0 Å². The van der Waals surface area contributed by atoms with Crippen LogP contribution in [0, 0.1) is 0 Å². The average molecular weight is 236 g/mol. The van der Waals surface area contributed by atoms with E-state index in [4.69, 9.17) is 14.2 Å². The number of ether oxygens (including phenoxy) is 3. The van der Waals surface area contributed by atoms with Gasteiger partial charge in [0.2, 0.25) is 0 Å². The summed E-state index contributed by atoms with van der Waals surface area (Å²) in [6.45, 7) is 2.02. The molecule has 0 spiro atoms. The normalized spacial score (nSPS) is 32.2. The van der Waals surface area contributed by atoms with Crippen molar-refractivity contribution in [3.8, 4) is 5.75 Å². The first-order valence-electron chi connectivity index (χ1n) is 5.82. The number of hydrogen-bond acceptors (Lipinski definition) is 5. The highest BCUT2D eigenvalue weighted by atomic mass is 16.7. The number of hydrogen-bond donors (Lipinski definition) is 1. The van der Waals surface area contributed by atoms with Crippen LogP contribution in [0.1, 0.15) is 12.1 Å². The van der Waals surface area contributed by atoms with Gasteiger partial charge in [-0.1, -0.05) is 0 Å². The molecule has 3 rings (SSSR count). The first kappa shape index (κ1) is 11.0. The van der Waals surface area contributed by atoms with Crippen LogP contribution >= 0.6 is 0 Å². The molecule has 1 aromatic heterocycles. The molecule has 1 aromatic rings. The van der Waals surface area contributed by atoms with Gasteiger partial charge in [-0.05, 0) is 25.1 Å². The topological polar surface area (TPSA) is 52.6 Å². The fraction of sp³-hybridized carbons (Fsp3) is 0.583. The number of fused-ring (bicyclic) bond motifs is 1. The van der Waals surface area contributed by atoms with Gasteiger partial charge in [0, 0.05) is 12.7 Å². The Morgan fingerprint density at radius 1 is 1.59 bits per heavy atom. The first-order chi connectivity index (χ1) is 8.37. The summed E-state index contributed by atoms with van der Waals surface area (Å²) in [5.74, 6) is 0.768. The van der Waals surface area contributed by atoms with Crippen LogP contribution in [-0.2, 0) is 15.1 Å². The maximum absolute atomic E-state index is 5.87. The quantitative estimate of drug-likeness (QED) is 0.817. The van der Waals surface area contributed by atoms with E-state index in [0.29, 0.717) is 6.79 Å². The van der Waals surface area contributed by atoms with Gasteiger partial charge in [-0.2, -0.15) is 0 Å². The minimum absolute atomic E-state index is 0.0139. The smallest absolute Gasteiger partial charge is 0.148 e. The molecule has 0 aliphatic carbocycles. The number of rotatable bonds is 2. The Kier molecular flexibility index (Phi) is 2.74. The Bertz CT molecular complexity index is 412. The van der Waals surface area contributed by atoms with E-state index in [1.807, 2.05) is 12.1 Å². The second-order valence-corrected chi connectivity index (χ2v) is 4.32. The highest BCUT2D eigenvalue weighted by Gasteiger charge is 2.51. The first-order valence-corrected chi connectivity index (χ1v) is 5.82. The number of pyridine rings is 1. The number of methoxy groups -OCH3 is 1. The van der Waals surface area contributed by atoms with Gasteiger partial charge in [-0.25, -0.2) is 0 Å². The molecule has 0 radical (unpaired) electrons. The van der Waals surface area contributed by atoms with Crippen LogP contribution in [0.25, 0.3) is 0 Å². The Labute approximate surface area is 100 Å². The maximum Gasteiger partial charge on any atom is 0.148 e. The van der Waals surface area contributed by atoms with Crippen molar-refractivity contribution in [2.75, 3.05) is 27.0 Å². The van der Waals surface area contributed by atoms with Crippen LogP contribution < -0.4 is 10.1 Å². The standard InChI is InChI=1S/C12H16N2O3/c1-15-9-3-2-5-14-11(9)12-4-6-13-7-10(12)16-8-17-12/h2-3,5,10,13H,4,6-8H2,1H3/t10-,12+/m1/s1. The molecule has 5 nitrogen and oxygen atoms in total. The van der Waals surface area contributed by atoms with Gasteiger partial charge in [-0.3, -0.25) is 4.98 Å². The second kappa shape index (κ2) is 4.25. The molecule has 2 aliphatic heterocycles. The Hall–Kier alpha value is -1.17. The van der Waals surface area contributed by atoms with Crippen molar-refractivity contribution in [3.63, 3.8) is 0 Å². The van der Waals surface area contributed by atoms with Gasteiger partial charge in [0.15, 0.2) is 0 Å². The fourth-order valence-electron chi connectivity index (χ4n) is 2.63. The number of nitrogens with zero attached hydrogens (tertiary/aromatic N) is 1. The van der Waals surface area contributed by atoms with Gasteiger partial charge in [0.25, 0.3) is 0 Å². The van der Waals surface area contributed by atoms with Gasteiger partial charge in [-0.15, -0.1) is 0 Å². The summed E-state index contributed by atoms with van der Waals surface area (Å²) in [7, 11) is 1.66. The molecule has 0 unspecified atom stereocenters. The van der Waals surface area contributed by atoms with E-state index in [1.165, 1.54) is 0 Å². The lowest BCUT2D eigenvalue weighted by Crippen LogP contribution is -2.50. The summed E-state index contributed by atoms with van der Waals surface area (Å²) in [6.07, 6.45) is 2.64. The molecule has 92 valence electrons. The molecular formula is C12H16N2O3. The van der Waals surface area contributed by atoms with Crippen LogP contribution in [0.5, 0.6) is 5.75 Å². The highest BCUT2D eigenvalue weighted by molar-refractivity contribution is 5.34. The van der Waals surface area contributed by atoms with Crippen molar-refractivity contribution in [2.45, 2.75) is 18.1 Å². The molecule has 2 atom stereocenters. The largest absolute Gasteiger partial charge is 0.495 e. The summed E-state index contributed by atoms with van der Waals surface area (Å²) in [5.41, 5.74) is 0.407. The second-order valence-electron chi connectivity index (χ2n) is 4.32. The number of nitrogens with one attached hydrogen (secondary N) is 1. The van der Waals surface area contributed by atoms with Crippen molar-refractivity contribution < 1.29 is 14.2 Å². The van der Waals surface area contributed by atoms with E-state index < -0.39 is 5.60 Å². The van der Waals surface area contributed by atoms with Crippen molar-refractivity contribution in [1.29, 1.82) is 0 Å². The molecule has 17 heavy (non-hydrogen) atoms. The van der Waals surface area contributed by atoms with Gasteiger partial charge in [0.1, 0.15) is 29.9 Å². The van der Waals surface area contributed by atoms with Crippen molar-refractivity contribution in [3.05, 3.63) is 24.0 Å². The lowest BCUT2D eigenvalue weighted by atomic mass is 9.85. The van der Waals surface area contributed by atoms with Crippen LogP contribution in [0.3, 0.4) is 0 Å². The molecule has 2 fully saturated rings. The Morgan fingerprint density at radius 3 is 3.41 bits per heavy atom. The predicted molar refractivity (Wildman–Crippen MR) is 60.8 cm³/mol. The molecule has 5 heteroatoms. The van der Waals surface area contributed by atoms with Crippen LogP contribution in [0.15, 0.2) is 18.3 Å². The minimum atomic E-state index is -0.447. The number of aromatic nitrogens is 1. The molecule has 2 saturated heterocycles. The maximum atomic E-state index is 5.87. The van der Waals surface area contributed by atoms with E-state index >= 15 is 0 Å². The Morgan fingerprint density at radius 2 is 2.53 bits per heavy atom. The molecule has 1 N–H and O–H groups in total. The van der Waals surface area contributed by atoms with Crippen LogP contribution in [0.2, 0.25) is 0 Å². The zero-order valence-corrected chi connectivity index (χ0v) is 9.81. The average Bonchev–Trinajstić information content (AvgIpc) is 2.83. The highest BCUT2D eigenvalue weighted by Crippen LogP contribution is 2.43. The minimum Gasteiger partial charge on any atom is -0.495 e. The monoisotopic (exact) mass is 236 g/mol. The zero-order valence-electron chi connectivity index (χ0n) is 9.81. The van der Waals surface area contributed by atoms with E-state index in [2.05, 4.69) is 10.3 Å². The summed E-state index contributed by atoms with van der Waals surface area (Å²) >= 11 is 0. The summed E-state index contributed by atoms with van der Waals surface area (Å²) in [6, 6.07) is 3.78. The lowest BCUT2D eigenvalue weighted by molar-refractivity contribution is -0.0315. The molecule has 0 bridgehead atoms. The van der Waals surface area contributed by atoms with E-state index in [1.54, 1.807) is 13.3 Å². The third-order valence-electron chi connectivity index (χ3n) is 3.50. The molecule has 0 saturated carbocycles. The lowest BCUT2D eigenvalue weighted by Gasteiger charge is -2.36. The van der Waals surface area contributed by atoms with Crippen molar-refractivity contribution >= 4 is 0 Å². The molecule has 3 heterocycles. The summed E-state index contributed by atoms with van der Waals surface area (Å²) < 4.78 is 16.9. The van der Waals surface area contributed by atoms with Gasteiger partial charge >= 0.3 is 0 Å². The van der Waals surface area contributed by atoms with E-state index in [-0.39, 0.29) is 6.10 Å². The number of piperidine rings is 1. The van der Waals surface area contributed by atoms with E-state index in [0.717, 1.165) is 31.0 Å². The third-order valence-corrected chi connectivity index (χ3v) is 3.50. The van der Waals surface area contributed by atoms with Gasteiger partial charge < -0.3 is 19.5 Å². The van der Waals surface area contributed by atoms with Crippen LogP contribution in [-0.4, -0.2) is 38.1 Å². The third kappa shape index (κ3) is 1.62. The molecule has 0 aromatic carbocycles. The fourth-order valence-corrected chi connectivity index (χ4v) is 2.63. The van der Waals surface area contributed by atoms with Crippen molar-refractivity contribution in [2.24, 2.45) is 0 Å². The zero-order chi connectivity index (χ0) is 11.7. The molecule has 0 amide bonds. The summed E-state index contributed by atoms with van der Waals surface area (Å²) in [5, 5.41) is 3.31. The molecule has 2 aliphatic rings. The van der Waals surface area contributed by atoms with Gasteiger partial charge in [0.05, 0.1) is 7.11 Å². The Balaban J connectivity index is 2.05.